The minimum atomic E-state index is -0.722. The fourth-order valence-corrected chi connectivity index (χ4v) is 4.86. The average molecular weight is 637 g/mol. The molecule has 0 bridgehead atoms. The Bertz CT molecular complexity index is 903. The second-order valence-corrected chi connectivity index (χ2v) is 12.0. The Labute approximate surface area is 283 Å². The molecule has 0 saturated heterocycles. The van der Waals surface area contributed by atoms with Crippen LogP contribution >= 0.6 is 0 Å². The maximum Gasteiger partial charge on any atom is 0.306 e. The molecule has 0 radical (unpaired) electrons. The van der Waals surface area contributed by atoms with Gasteiger partial charge in [0.05, 0.1) is 0 Å². The highest BCUT2D eigenvalue weighted by Crippen LogP contribution is 2.14. The summed E-state index contributed by atoms with van der Waals surface area (Å²) in [5, 5.41) is 8.80. The van der Waals surface area contributed by atoms with E-state index in [4.69, 9.17) is 9.84 Å². The van der Waals surface area contributed by atoms with Gasteiger partial charge in [0.15, 0.2) is 0 Å². The van der Waals surface area contributed by atoms with Crippen molar-refractivity contribution in [1.29, 1.82) is 0 Å². The SMILES string of the molecule is CC/C=C\C/C=C\C/C=C\C/C=C\CCCCCCC(=O)OC(/C=C\C/C=C\C/C=C\CCCCC)CCCCCCCC(=O)O. The van der Waals surface area contributed by atoms with Gasteiger partial charge in [-0.15, -0.1) is 0 Å². The lowest BCUT2D eigenvalue weighted by atomic mass is 10.1. The number of ether oxygens (including phenoxy) is 1. The zero-order chi connectivity index (χ0) is 33.6. The van der Waals surface area contributed by atoms with E-state index in [1.54, 1.807) is 0 Å². The van der Waals surface area contributed by atoms with Crippen molar-refractivity contribution >= 4 is 11.9 Å². The minimum Gasteiger partial charge on any atom is -0.481 e. The summed E-state index contributed by atoms with van der Waals surface area (Å²) >= 11 is 0. The summed E-state index contributed by atoms with van der Waals surface area (Å²) < 4.78 is 5.87. The molecular weight excluding hydrogens is 568 g/mol. The van der Waals surface area contributed by atoms with E-state index in [2.05, 4.69) is 98.9 Å². The number of hydrogen-bond donors (Lipinski definition) is 1. The molecule has 0 aromatic carbocycles. The van der Waals surface area contributed by atoms with Crippen molar-refractivity contribution < 1.29 is 19.4 Å². The first kappa shape index (κ1) is 43.1. The number of carboxylic acids is 1. The lowest BCUT2D eigenvalue weighted by molar-refractivity contribution is -0.147. The molecule has 0 heterocycles. The number of unbranched alkanes of at least 4 members (excludes halogenated alkanes) is 11. The van der Waals surface area contributed by atoms with E-state index in [1.807, 2.05) is 0 Å². The molecule has 0 fully saturated rings. The molecule has 1 unspecified atom stereocenters. The van der Waals surface area contributed by atoms with Crippen LogP contribution in [-0.4, -0.2) is 23.1 Å². The van der Waals surface area contributed by atoms with Crippen LogP contribution < -0.4 is 0 Å². The van der Waals surface area contributed by atoms with E-state index < -0.39 is 5.97 Å². The molecule has 0 aromatic heterocycles. The third kappa shape index (κ3) is 35.6. The zero-order valence-electron chi connectivity index (χ0n) is 29.6. The van der Waals surface area contributed by atoms with Crippen molar-refractivity contribution in [3.8, 4) is 0 Å². The normalized spacial score (nSPS) is 13.3. The summed E-state index contributed by atoms with van der Waals surface area (Å²) in [4.78, 5) is 23.3. The molecule has 0 aliphatic carbocycles. The monoisotopic (exact) mass is 637 g/mol. The summed E-state index contributed by atoms with van der Waals surface area (Å²) in [5.74, 6) is -0.821. The van der Waals surface area contributed by atoms with Crippen molar-refractivity contribution in [3.63, 3.8) is 0 Å². The van der Waals surface area contributed by atoms with E-state index >= 15 is 0 Å². The fraction of sp³-hybridized carbons (Fsp3) is 0.619. The Kier molecular flexibility index (Phi) is 34.3. The highest BCUT2D eigenvalue weighted by atomic mass is 16.5. The van der Waals surface area contributed by atoms with Crippen LogP contribution in [0.5, 0.6) is 0 Å². The van der Waals surface area contributed by atoms with Crippen molar-refractivity contribution in [2.75, 3.05) is 0 Å². The first-order chi connectivity index (χ1) is 22.6. The van der Waals surface area contributed by atoms with Crippen molar-refractivity contribution in [1.82, 2.24) is 0 Å². The topological polar surface area (TPSA) is 63.6 Å². The highest BCUT2D eigenvalue weighted by molar-refractivity contribution is 5.69. The lowest BCUT2D eigenvalue weighted by Crippen LogP contribution is -2.16. The molecule has 0 aliphatic rings. The number of allylic oxidation sites excluding steroid dienone is 13. The standard InChI is InChI=1S/C42H68O4/c1-3-5-7-9-11-13-15-16-17-18-19-20-22-24-26-31-35-39-42(45)46-40(37-33-29-27-30-34-38-41(43)44)36-32-28-25-23-21-14-12-10-8-6-4-2/h5,7,11-14,16-17,19-20,23,25,32,36,40H,3-4,6,8-10,15,18,21-22,24,26-31,33-35,37-39H2,1-2H3,(H,43,44)/b7-5-,13-11-,14-12-,17-16-,20-19-,25-23-,36-32-. The van der Waals surface area contributed by atoms with Gasteiger partial charge in [-0.2, -0.15) is 0 Å². The van der Waals surface area contributed by atoms with E-state index in [-0.39, 0.29) is 18.5 Å². The Hall–Kier alpha value is -2.88. The molecule has 260 valence electrons. The molecule has 0 rings (SSSR count). The van der Waals surface area contributed by atoms with Crippen LogP contribution in [0.4, 0.5) is 0 Å². The van der Waals surface area contributed by atoms with Gasteiger partial charge in [-0.05, 0) is 96.0 Å². The zero-order valence-corrected chi connectivity index (χ0v) is 29.6. The number of carboxylic acid groups (broad SMARTS) is 1. The van der Waals surface area contributed by atoms with E-state index in [0.29, 0.717) is 6.42 Å². The summed E-state index contributed by atoms with van der Waals surface area (Å²) in [6.45, 7) is 4.39. The number of carbonyl (C=O) groups excluding carboxylic acids is 1. The average Bonchev–Trinajstić information content (AvgIpc) is 3.04. The molecule has 0 aromatic rings. The van der Waals surface area contributed by atoms with Crippen molar-refractivity contribution in [3.05, 3.63) is 85.1 Å². The second-order valence-electron chi connectivity index (χ2n) is 12.0. The first-order valence-electron chi connectivity index (χ1n) is 18.6. The summed E-state index contributed by atoms with van der Waals surface area (Å²) in [5.41, 5.74) is 0. The summed E-state index contributed by atoms with van der Waals surface area (Å²) in [6.07, 6.45) is 53.2. The Morgan fingerprint density at radius 1 is 0.522 bits per heavy atom. The molecule has 0 aliphatic heterocycles. The van der Waals surface area contributed by atoms with Crippen LogP contribution in [0.15, 0.2) is 85.1 Å². The molecule has 46 heavy (non-hydrogen) atoms. The smallest absolute Gasteiger partial charge is 0.306 e. The van der Waals surface area contributed by atoms with Crippen LogP contribution in [0, 0.1) is 0 Å². The van der Waals surface area contributed by atoms with Gasteiger partial charge in [-0.1, -0.05) is 138 Å². The van der Waals surface area contributed by atoms with Gasteiger partial charge in [0.2, 0.25) is 0 Å². The largest absolute Gasteiger partial charge is 0.481 e. The predicted octanol–water partition coefficient (Wildman–Crippen LogP) is 12.9. The van der Waals surface area contributed by atoms with Crippen molar-refractivity contribution in [2.45, 2.75) is 168 Å². The van der Waals surface area contributed by atoms with Gasteiger partial charge in [-0.25, -0.2) is 0 Å². The summed E-state index contributed by atoms with van der Waals surface area (Å²) in [7, 11) is 0. The van der Waals surface area contributed by atoms with E-state index in [1.165, 1.54) is 25.7 Å². The van der Waals surface area contributed by atoms with Gasteiger partial charge < -0.3 is 9.84 Å². The Balaban J connectivity index is 4.25. The number of hydrogen-bond acceptors (Lipinski definition) is 3. The van der Waals surface area contributed by atoms with Crippen LogP contribution in [0.3, 0.4) is 0 Å². The van der Waals surface area contributed by atoms with Crippen molar-refractivity contribution in [2.24, 2.45) is 0 Å². The maximum atomic E-state index is 12.6. The molecule has 1 atom stereocenters. The molecule has 0 saturated carbocycles. The van der Waals surface area contributed by atoms with Gasteiger partial charge in [0.1, 0.15) is 6.10 Å². The second kappa shape index (κ2) is 36.6. The van der Waals surface area contributed by atoms with Crippen LogP contribution in [0.25, 0.3) is 0 Å². The lowest BCUT2D eigenvalue weighted by Gasteiger charge is -2.14. The third-order valence-electron chi connectivity index (χ3n) is 7.59. The molecular formula is C42H68O4. The van der Waals surface area contributed by atoms with Crippen LogP contribution in [0.2, 0.25) is 0 Å². The first-order valence-corrected chi connectivity index (χ1v) is 18.6. The number of rotatable bonds is 32. The quantitative estimate of drug-likeness (QED) is 0.0453. The van der Waals surface area contributed by atoms with E-state index in [0.717, 1.165) is 109 Å². The predicted molar refractivity (Wildman–Crippen MR) is 199 cm³/mol. The molecule has 1 N–H and O–H groups in total. The van der Waals surface area contributed by atoms with Crippen LogP contribution in [0.1, 0.15) is 162 Å². The van der Waals surface area contributed by atoms with Gasteiger partial charge >= 0.3 is 11.9 Å². The number of aliphatic carboxylic acids is 1. The van der Waals surface area contributed by atoms with Gasteiger partial charge in [0, 0.05) is 12.8 Å². The Morgan fingerprint density at radius 3 is 1.54 bits per heavy atom. The molecule has 0 spiro atoms. The summed E-state index contributed by atoms with van der Waals surface area (Å²) in [6, 6.07) is 0. The number of esters is 1. The molecule has 4 heteroatoms. The molecule has 0 amide bonds. The Morgan fingerprint density at radius 2 is 0.978 bits per heavy atom. The number of carbonyl (C=O) groups is 2. The van der Waals surface area contributed by atoms with Crippen LogP contribution in [-0.2, 0) is 14.3 Å². The van der Waals surface area contributed by atoms with Gasteiger partial charge in [-0.3, -0.25) is 9.59 Å². The highest BCUT2D eigenvalue weighted by Gasteiger charge is 2.11. The van der Waals surface area contributed by atoms with Gasteiger partial charge in [0.25, 0.3) is 0 Å². The minimum absolute atomic E-state index is 0.0983. The van der Waals surface area contributed by atoms with E-state index in [9.17, 15) is 9.59 Å². The third-order valence-corrected chi connectivity index (χ3v) is 7.59. The molecule has 4 nitrogen and oxygen atoms in total. The maximum absolute atomic E-state index is 12.6. The fourth-order valence-electron chi connectivity index (χ4n) is 4.86.